The smallest absolute Gasteiger partial charge is 0.277 e. The Kier molecular flexibility index (Phi) is 5.33. The van der Waals surface area contributed by atoms with Gasteiger partial charge in [0.05, 0.1) is 6.54 Å². The summed E-state index contributed by atoms with van der Waals surface area (Å²) in [5.74, 6) is 0.0703. The van der Waals surface area contributed by atoms with Crippen molar-refractivity contribution in [3.63, 3.8) is 0 Å². The van der Waals surface area contributed by atoms with Crippen molar-refractivity contribution in [2.24, 2.45) is 5.14 Å². The first-order valence-corrected chi connectivity index (χ1v) is 8.46. The van der Waals surface area contributed by atoms with Crippen LogP contribution < -0.4 is 10.5 Å². The fourth-order valence-electron chi connectivity index (χ4n) is 2.54. The lowest BCUT2D eigenvalue weighted by atomic mass is 10.3. The molecule has 0 aromatic rings. The van der Waals surface area contributed by atoms with Crippen LogP contribution in [0.2, 0.25) is 0 Å². The van der Waals surface area contributed by atoms with Crippen LogP contribution in [0.25, 0.3) is 0 Å². The molecule has 0 atom stereocenters. The number of rotatable bonds is 3. The predicted molar refractivity (Wildman–Crippen MR) is 75.2 cm³/mol. The zero-order valence-electron chi connectivity index (χ0n) is 11.6. The standard InChI is InChI=1S/C11H23N5O3S/c12-20(18,19)16-8-6-15(7-9-16)11(17)10-14-4-1-2-13-3-5-14/h13H,1-10H2,(H2,12,18,19). The molecule has 0 spiro atoms. The third-order valence-corrected chi connectivity index (χ3v) is 4.83. The Bertz CT molecular complexity index is 425. The molecule has 20 heavy (non-hydrogen) atoms. The van der Waals surface area contributed by atoms with E-state index in [4.69, 9.17) is 5.14 Å². The van der Waals surface area contributed by atoms with Crippen LogP contribution in [0.5, 0.6) is 0 Å². The molecule has 9 heteroatoms. The van der Waals surface area contributed by atoms with Gasteiger partial charge < -0.3 is 10.2 Å². The molecule has 2 aliphatic rings. The summed E-state index contributed by atoms with van der Waals surface area (Å²) in [7, 11) is -3.63. The van der Waals surface area contributed by atoms with Crippen LogP contribution >= 0.6 is 0 Å². The first kappa shape index (κ1) is 15.6. The Morgan fingerprint density at radius 2 is 1.75 bits per heavy atom. The highest BCUT2D eigenvalue weighted by Gasteiger charge is 2.27. The lowest BCUT2D eigenvalue weighted by Gasteiger charge is -2.34. The van der Waals surface area contributed by atoms with Crippen molar-refractivity contribution < 1.29 is 13.2 Å². The summed E-state index contributed by atoms with van der Waals surface area (Å²) in [6, 6.07) is 0. The summed E-state index contributed by atoms with van der Waals surface area (Å²) >= 11 is 0. The van der Waals surface area contributed by atoms with Crippen molar-refractivity contribution in [2.45, 2.75) is 6.42 Å². The Morgan fingerprint density at radius 1 is 1.05 bits per heavy atom. The van der Waals surface area contributed by atoms with E-state index < -0.39 is 10.2 Å². The fraction of sp³-hybridized carbons (Fsp3) is 0.909. The number of nitrogens with two attached hydrogens (primary N) is 1. The molecule has 2 rings (SSSR count). The Labute approximate surface area is 120 Å². The van der Waals surface area contributed by atoms with E-state index >= 15 is 0 Å². The quantitative estimate of drug-likeness (QED) is 0.607. The van der Waals surface area contributed by atoms with E-state index in [2.05, 4.69) is 10.2 Å². The first-order chi connectivity index (χ1) is 9.47. The molecule has 116 valence electrons. The van der Waals surface area contributed by atoms with Gasteiger partial charge in [0, 0.05) is 39.3 Å². The van der Waals surface area contributed by atoms with Gasteiger partial charge in [-0.2, -0.15) is 12.7 Å². The third-order valence-electron chi connectivity index (χ3n) is 3.74. The van der Waals surface area contributed by atoms with Crippen LogP contribution in [0.4, 0.5) is 0 Å². The molecule has 0 radical (unpaired) electrons. The van der Waals surface area contributed by atoms with Gasteiger partial charge in [0.1, 0.15) is 0 Å². The van der Waals surface area contributed by atoms with Gasteiger partial charge in [-0.15, -0.1) is 0 Å². The molecule has 2 heterocycles. The Morgan fingerprint density at radius 3 is 2.40 bits per heavy atom. The topological polar surface area (TPSA) is 99.0 Å². The minimum absolute atomic E-state index is 0.0703. The van der Waals surface area contributed by atoms with E-state index in [1.54, 1.807) is 4.90 Å². The molecule has 2 aliphatic heterocycles. The van der Waals surface area contributed by atoms with Crippen molar-refractivity contribution in [1.82, 2.24) is 19.4 Å². The van der Waals surface area contributed by atoms with Crippen LogP contribution in [0.1, 0.15) is 6.42 Å². The number of carbonyl (C=O) groups is 1. The van der Waals surface area contributed by atoms with Crippen molar-refractivity contribution in [1.29, 1.82) is 0 Å². The highest BCUT2D eigenvalue weighted by Crippen LogP contribution is 2.06. The Hall–Kier alpha value is -0.740. The van der Waals surface area contributed by atoms with Gasteiger partial charge in [-0.05, 0) is 19.5 Å². The first-order valence-electron chi connectivity index (χ1n) is 6.95. The second-order valence-corrected chi connectivity index (χ2v) is 6.75. The van der Waals surface area contributed by atoms with Crippen LogP contribution in [-0.4, -0.2) is 87.3 Å². The maximum absolute atomic E-state index is 12.2. The number of carbonyl (C=O) groups excluding carboxylic acids is 1. The number of amides is 1. The molecule has 0 bridgehead atoms. The zero-order chi connectivity index (χ0) is 14.6. The van der Waals surface area contributed by atoms with Crippen LogP contribution in [0, 0.1) is 0 Å². The SMILES string of the molecule is NS(=O)(=O)N1CCN(C(=O)CN2CCCNCC2)CC1. The number of nitrogens with one attached hydrogen (secondary N) is 1. The highest BCUT2D eigenvalue weighted by atomic mass is 32.2. The predicted octanol–water partition coefficient (Wildman–Crippen LogP) is -2.37. The molecule has 2 fully saturated rings. The van der Waals surface area contributed by atoms with Gasteiger partial charge >= 0.3 is 0 Å². The molecule has 8 nitrogen and oxygen atoms in total. The van der Waals surface area contributed by atoms with Crippen molar-refractivity contribution >= 4 is 16.1 Å². The van der Waals surface area contributed by atoms with Crippen molar-refractivity contribution in [2.75, 3.05) is 58.9 Å². The second kappa shape index (κ2) is 6.81. The zero-order valence-corrected chi connectivity index (χ0v) is 12.4. The summed E-state index contributed by atoms with van der Waals surface area (Å²) in [6.07, 6.45) is 1.05. The molecule has 3 N–H and O–H groups in total. The lowest BCUT2D eigenvalue weighted by Crippen LogP contribution is -2.54. The fourth-order valence-corrected chi connectivity index (χ4v) is 3.22. The highest BCUT2D eigenvalue weighted by molar-refractivity contribution is 7.86. The monoisotopic (exact) mass is 305 g/mol. The van der Waals surface area contributed by atoms with Crippen molar-refractivity contribution in [3.8, 4) is 0 Å². The molecule has 0 aliphatic carbocycles. The van der Waals surface area contributed by atoms with Crippen LogP contribution in [-0.2, 0) is 15.0 Å². The minimum atomic E-state index is -3.63. The van der Waals surface area contributed by atoms with Crippen LogP contribution in [0.15, 0.2) is 0 Å². The van der Waals surface area contributed by atoms with E-state index in [0.29, 0.717) is 19.6 Å². The van der Waals surface area contributed by atoms with E-state index in [-0.39, 0.29) is 19.0 Å². The Balaban J connectivity index is 1.79. The van der Waals surface area contributed by atoms with Gasteiger partial charge in [-0.1, -0.05) is 0 Å². The number of nitrogens with zero attached hydrogens (tertiary/aromatic N) is 3. The minimum Gasteiger partial charge on any atom is -0.339 e. The van der Waals surface area contributed by atoms with E-state index in [1.807, 2.05) is 0 Å². The molecule has 0 unspecified atom stereocenters. The molecule has 1 amide bonds. The molecule has 0 aromatic heterocycles. The summed E-state index contributed by atoms with van der Waals surface area (Å²) in [6.45, 7) is 5.53. The summed E-state index contributed by atoms with van der Waals surface area (Å²) in [5.41, 5.74) is 0. The van der Waals surface area contributed by atoms with Gasteiger partial charge in [0.25, 0.3) is 10.2 Å². The van der Waals surface area contributed by atoms with E-state index in [1.165, 1.54) is 4.31 Å². The van der Waals surface area contributed by atoms with Crippen LogP contribution in [0.3, 0.4) is 0 Å². The average Bonchev–Trinajstić information content (AvgIpc) is 2.66. The van der Waals surface area contributed by atoms with Gasteiger partial charge in [0.2, 0.25) is 5.91 Å². The van der Waals surface area contributed by atoms with Gasteiger partial charge in [0.15, 0.2) is 0 Å². The van der Waals surface area contributed by atoms with Gasteiger partial charge in [-0.25, -0.2) is 5.14 Å². The van der Waals surface area contributed by atoms with Gasteiger partial charge in [-0.3, -0.25) is 9.69 Å². The van der Waals surface area contributed by atoms with E-state index in [0.717, 1.165) is 32.6 Å². The number of hydrogen-bond acceptors (Lipinski definition) is 5. The largest absolute Gasteiger partial charge is 0.339 e. The summed E-state index contributed by atoms with van der Waals surface area (Å²) in [5, 5.41) is 8.38. The second-order valence-electron chi connectivity index (χ2n) is 5.20. The summed E-state index contributed by atoms with van der Waals surface area (Å²) < 4.78 is 23.6. The number of piperazine rings is 1. The summed E-state index contributed by atoms with van der Waals surface area (Å²) in [4.78, 5) is 16.1. The van der Waals surface area contributed by atoms with E-state index in [9.17, 15) is 13.2 Å². The average molecular weight is 305 g/mol. The number of hydrogen-bond donors (Lipinski definition) is 2. The molecule has 0 saturated carbocycles. The third kappa shape index (κ3) is 4.38. The maximum atomic E-state index is 12.2. The maximum Gasteiger partial charge on any atom is 0.277 e. The normalized spacial score (nSPS) is 23.6. The molecular weight excluding hydrogens is 282 g/mol. The molecule has 0 aromatic carbocycles. The molecule has 2 saturated heterocycles. The lowest BCUT2D eigenvalue weighted by molar-refractivity contribution is -0.133. The van der Waals surface area contributed by atoms with Crippen molar-refractivity contribution in [3.05, 3.63) is 0 Å². The molecular formula is C11H23N5O3S.